The van der Waals surface area contributed by atoms with Gasteiger partial charge in [-0.3, -0.25) is 0 Å². The monoisotopic (exact) mass is 363 g/mol. The van der Waals surface area contributed by atoms with E-state index < -0.39 is 11.7 Å². The smallest absolute Gasteiger partial charge is 0.418 e. The highest BCUT2D eigenvalue weighted by Crippen LogP contribution is 2.34. The topological polar surface area (TPSA) is 71.2 Å². The van der Waals surface area contributed by atoms with Crippen LogP contribution in [-0.4, -0.2) is 16.6 Å². The Morgan fingerprint density at radius 3 is 2.76 bits per heavy atom. The van der Waals surface area contributed by atoms with Crippen molar-refractivity contribution in [1.29, 1.82) is 0 Å². The first kappa shape index (κ1) is 16.9. The third-order valence-corrected chi connectivity index (χ3v) is 4.16. The molecule has 0 unspecified atom stereocenters. The highest BCUT2D eigenvalue weighted by atomic mass is 32.1. The van der Waals surface area contributed by atoms with E-state index in [4.69, 9.17) is 5.73 Å². The van der Waals surface area contributed by atoms with Gasteiger partial charge in [-0.1, -0.05) is 35.3 Å². The molecule has 8 heteroatoms. The number of phenolic OH excluding ortho intramolecular Hbond substituents is 1. The summed E-state index contributed by atoms with van der Waals surface area (Å²) in [7, 11) is 0. The minimum atomic E-state index is -4.43. The SMILES string of the molecule is Nc1nc2c(O)cc(C#CCNc3ccccc3C(F)(F)F)cc2s1. The van der Waals surface area contributed by atoms with Gasteiger partial charge in [-0.15, -0.1) is 0 Å². The number of hydrogen-bond donors (Lipinski definition) is 3. The van der Waals surface area contributed by atoms with Crippen molar-refractivity contribution in [2.75, 3.05) is 17.6 Å². The maximum Gasteiger partial charge on any atom is 0.418 e. The molecule has 0 aliphatic carbocycles. The van der Waals surface area contributed by atoms with Gasteiger partial charge in [0.15, 0.2) is 5.13 Å². The van der Waals surface area contributed by atoms with Gasteiger partial charge in [-0.25, -0.2) is 4.98 Å². The molecule has 2 aromatic carbocycles. The van der Waals surface area contributed by atoms with E-state index in [2.05, 4.69) is 22.1 Å². The number of hydrogen-bond acceptors (Lipinski definition) is 5. The van der Waals surface area contributed by atoms with Crippen molar-refractivity contribution < 1.29 is 18.3 Å². The highest BCUT2D eigenvalue weighted by molar-refractivity contribution is 7.22. The lowest BCUT2D eigenvalue weighted by Gasteiger charge is -2.12. The number of alkyl halides is 3. The summed E-state index contributed by atoms with van der Waals surface area (Å²) in [4.78, 5) is 4.00. The first-order valence-electron chi connectivity index (χ1n) is 7.12. The minimum absolute atomic E-state index is 0.0245. The van der Waals surface area contributed by atoms with Crippen molar-refractivity contribution in [3.05, 3.63) is 47.5 Å². The van der Waals surface area contributed by atoms with Crippen molar-refractivity contribution in [3.8, 4) is 17.6 Å². The number of rotatable bonds is 2. The van der Waals surface area contributed by atoms with E-state index in [1.807, 2.05) is 0 Å². The van der Waals surface area contributed by atoms with Crippen molar-refractivity contribution in [2.45, 2.75) is 6.18 Å². The maximum absolute atomic E-state index is 12.9. The summed E-state index contributed by atoms with van der Waals surface area (Å²) in [6, 6.07) is 8.37. The third kappa shape index (κ3) is 3.78. The molecule has 0 aliphatic heterocycles. The fraction of sp³-hybridized carbons (Fsp3) is 0.118. The summed E-state index contributed by atoms with van der Waals surface area (Å²) >= 11 is 1.22. The second kappa shape index (κ2) is 6.53. The Labute approximate surface area is 145 Å². The normalized spacial score (nSPS) is 11.2. The summed E-state index contributed by atoms with van der Waals surface area (Å²) in [6.07, 6.45) is -4.43. The quantitative estimate of drug-likeness (QED) is 0.601. The Hall–Kier alpha value is -2.92. The number of anilines is 2. The van der Waals surface area contributed by atoms with E-state index in [0.717, 1.165) is 6.07 Å². The van der Waals surface area contributed by atoms with Crippen LogP contribution in [0, 0.1) is 11.8 Å². The van der Waals surface area contributed by atoms with E-state index in [1.54, 1.807) is 6.07 Å². The molecule has 0 amide bonds. The first-order chi connectivity index (χ1) is 11.8. The molecule has 1 aromatic heterocycles. The number of halogens is 3. The van der Waals surface area contributed by atoms with Crippen LogP contribution in [0.25, 0.3) is 10.2 Å². The molecule has 128 valence electrons. The molecule has 25 heavy (non-hydrogen) atoms. The molecule has 3 rings (SSSR count). The van der Waals surface area contributed by atoms with Gasteiger partial charge in [0.05, 0.1) is 16.8 Å². The van der Waals surface area contributed by atoms with E-state index in [0.29, 0.717) is 20.9 Å². The number of phenols is 1. The molecule has 0 atom stereocenters. The zero-order valence-corrected chi connectivity index (χ0v) is 13.5. The standard InChI is InChI=1S/C17H12F3N3OS/c18-17(19,20)11-5-1-2-6-12(11)22-7-3-4-10-8-13(24)15-14(9-10)25-16(21)23-15/h1-2,5-6,8-9,22,24H,7H2,(H2,21,23). The van der Waals surface area contributed by atoms with E-state index in [-0.39, 0.29) is 18.0 Å². The molecular weight excluding hydrogens is 351 g/mol. The van der Waals surface area contributed by atoms with Crippen LogP contribution in [0.2, 0.25) is 0 Å². The molecule has 1 heterocycles. The first-order valence-corrected chi connectivity index (χ1v) is 7.94. The van der Waals surface area contributed by atoms with Crippen LogP contribution in [0.15, 0.2) is 36.4 Å². The number of aromatic hydroxyl groups is 1. The number of nitrogens with two attached hydrogens (primary N) is 1. The number of fused-ring (bicyclic) bond motifs is 1. The van der Waals surface area contributed by atoms with Gasteiger partial charge in [0.2, 0.25) is 0 Å². The van der Waals surface area contributed by atoms with Gasteiger partial charge in [0.25, 0.3) is 0 Å². The van der Waals surface area contributed by atoms with E-state index in [1.165, 1.54) is 35.6 Å². The average Bonchev–Trinajstić information content (AvgIpc) is 2.92. The van der Waals surface area contributed by atoms with Crippen LogP contribution in [0.3, 0.4) is 0 Å². The predicted octanol–water partition coefficient (Wildman–Crippen LogP) is 4.07. The molecule has 0 spiro atoms. The van der Waals surface area contributed by atoms with Crippen LogP contribution in [-0.2, 0) is 6.18 Å². The number of nitrogens with one attached hydrogen (secondary N) is 1. The van der Waals surface area contributed by atoms with Gasteiger partial charge in [-0.05, 0) is 24.3 Å². The van der Waals surface area contributed by atoms with Crippen molar-refractivity contribution >= 4 is 32.4 Å². The lowest BCUT2D eigenvalue weighted by atomic mass is 10.1. The Kier molecular flexibility index (Phi) is 4.42. The molecule has 0 radical (unpaired) electrons. The summed E-state index contributed by atoms with van der Waals surface area (Å²) < 4.78 is 39.4. The van der Waals surface area contributed by atoms with Crippen molar-refractivity contribution in [1.82, 2.24) is 4.98 Å². The van der Waals surface area contributed by atoms with Crippen LogP contribution >= 0.6 is 11.3 Å². The van der Waals surface area contributed by atoms with Gasteiger partial charge in [-0.2, -0.15) is 13.2 Å². The van der Waals surface area contributed by atoms with Crippen LogP contribution in [0.1, 0.15) is 11.1 Å². The van der Waals surface area contributed by atoms with E-state index >= 15 is 0 Å². The number of aromatic nitrogens is 1. The molecular formula is C17H12F3N3OS. The Balaban J connectivity index is 1.76. The van der Waals surface area contributed by atoms with Gasteiger partial charge in [0, 0.05) is 11.3 Å². The Morgan fingerprint density at radius 1 is 1.24 bits per heavy atom. The summed E-state index contributed by atoms with van der Waals surface area (Å²) in [5.41, 5.74) is 5.77. The Bertz CT molecular complexity index is 986. The number of thiazole rings is 1. The maximum atomic E-state index is 12.9. The summed E-state index contributed by atoms with van der Waals surface area (Å²) in [5.74, 6) is 5.50. The predicted molar refractivity (Wildman–Crippen MR) is 92.5 cm³/mol. The number of para-hydroxylation sites is 1. The van der Waals surface area contributed by atoms with Crippen molar-refractivity contribution in [3.63, 3.8) is 0 Å². The largest absolute Gasteiger partial charge is 0.506 e. The van der Waals surface area contributed by atoms with Gasteiger partial charge in [0.1, 0.15) is 11.3 Å². The molecule has 0 saturated heterocycles. The minimum Gasteiger partial charge on any atom is -0.506 e. The molecule has 3 aromatic rings. The van der Waals surface area contributed by atoms with Crippen LogP contribution in [0.5, 0.6) is 5.75 Å². The molecule has 4 N–H and O–H groups in total. The zero-order valence-electron chi connectivity index (χ0n) is 12.7. The molecule has 0 aliphatic rings. The van der Waals surface area contributed by atoms with Crippen LogP contribution in [0.4, 0.5) is 24.0 Å². The van der Waals surface area contributed by atoms with Gasteiger partial charge >= 0.3 is 6.18 Å². The molecule has 0 saturated carbocycles. The molecule has 0 bridgehead atoms. The number of nitrogens with zero attached hydrogens (tertiary/aromatic N) is 1. The lowest BCUT2D eigenvalue weighted by molar-refractivity contribution is -0.136. The van der Waals surface area contributed by atoms with E-state index in [9.17, 15) is 18.3 Å². The summed E-state index contributed by atoms with van der Waals surface area (Å²) in [6.45, 7) is 0.0245. The highest BCUT2D eigenvalue weighted by Gasteiger charge is 2.32. The third-order valence-electron chi connectivity index (χ3n) is 3.32. The second-order valence-electron chi connectivity index (χ2n) is 5.09. The summed E-state index contributed by atoms with van der Waals surface area (Å²) in [5, 5.41) is 12.9. The van der Waals surface area contributed by atoms with Gasteiger partial charge < -0.3 is 16.2 Å². The zero-order chi connectivity index (χ0) is 18.0. The fourth-order valence-electron chi connectivity index (χ4n) is 2.27. The molecule has 4 nitrogen and oxygen atoms in total. The van der Waals surface area contributed by atoms with Crippen molar-refractivity contribution in [2.24, 2.45) is 0 Å². The van der Waals surface area contributed by atoms with Crippen LogP contribution < -0.4 is 11.1 Å². The molecule has 0 fully saturated rings. The lowest BCUT2D eigenvalue weighted by Crippen LogP contribution is -2.10. The number of nitrogen functional groups attached to an aromatic ring is 1. The Morgan fingerprint density at radius 2 is 2.00 bits per heavy atom. The second-order valence-corrected chi connectivity index (χ2v) is 6.16. The average molecular weight is 363 g/mol. The fourth-order valence-corrected chi connectivity index (χ4v) is 3.07. The number of benzene rings is 2.